The van der Waals surface area contributed by atoms with Crippen molar-refractivity contribution in [1.82, 2.24) is 5.32 Å². The van der Waals surface area contributed by atoms with Gasteiger partial charge < -0.3 is 20.3 Å². The zero-order valence-corrected chi connectivity index (χ0v) is 13.4. The molecule has 6 nitrogen and oxygen atoms in total. The first-order valence-corrected chi connectivity index (χ1v) is 7.94. The van der Waals surface area contributed by atoms with E-state index in [1.54, 1.807) is 13.8 Å². The van der Waals surface area contributed by atoms with E-state index in [1.807, 2.05) is 30.3 Å². The van der Waals surface area contributed by atoms with E-state index >= 15 is 0 Å². The van der Waals surface area contributed by atoms with Crippen molar-refractivity contribution in [2.24, 2.45) is 0 Å². The summed E-state index contributed by atoms with van der Waals surface area (Å²) in [6.45, 7) is 3.51. The number of thioether (sulfide) groups is 1. The lowest BCUT2D eigenvalue weighted by Crippen LogP contribution is -2.43. The molecule has 0 bridgehead atoms. The smallest absolute Gasteiger partial charge is 0.408 e. The van der Waals surface area contributed by atoms with Crippen LogP contribution in [0.2, 0.25) is 0 Å². The number of ether oxygens (including phenoxy) is 1. The number of carboxylic acid groups (broad SMARTS) is 1. The first-order chi connectivity index (χ1) is 10.4. The number of aliphatic carboxylic acids is 1. The largest absolute Gasteiger partial charge is 0.480 e. The van der Waals surface area contributed by atoms with Gasteiger partial charge in [-0.2, -0.15) is 11.8 Å². The third-order valence-electron chi connectivity index (χ3n) is 3.01. The Morgan fingerprint density at radius 3 is 2.45 bits per heavy atom. The van der Waals surface area contributed by atoms with Gasteiger partial charge in [0.15, 0.2) is 0 Å². The van der Waals surface area contributed by atoms with Crippen LogP contribution in [0.5, 0.6) is 0 Å². The third-order valence-corrected chi connectivity index (χ3v) is 4.45. The molecule has 3 atom stereocenters. The molecule has 0 aromatic heterocycles. The number of aliphatic hydroxyl groups excluding tert-OH is 1. The number of nitrogens with one attached hydrogen (secondary N) is 1. The lowest BCUT2D eigenvalue weighted by atomic mass is 10.2. The zero-order chi connectivity index (χ0) is 16.5. The second-order valence-electron chi connectivity index (χ2n) is 4.88. The summed E-state index contributed by atoms with van der Waals surface area (Å²) in [7, 11) is 0. The summed E-state index contributed by atoms with van der Waals surface area (Å²) in [6, 6.07) is 8.05. The summed E-state index contributed by atoms with van der Waals surface area (Å²) in [6.07, 6.45) is -1.33. The molecule has 1 rings (SSSR count). The fourth-order valence-corrected chi connectivity index (χ4v) is 2.47. The maximum absolute atomic E-state index is 11.7. The number of amides is 1. The molecule has 1 aromatic carbocycles. The quantitative estimate of drug-likeness (QED) is 0.674. The fraction of sp³-hybridized carbons (Fsp3) is 0.467. The van der Waals surface area contributed by atoms with E-state index in [4.69, 9.17) is 9.84 Å². The van der Waals surface area contributed by atoms with Crippen LogP contribution in [0.3, 0.4) is 0 Å². The highest BCUT2D eigenvalue weighted by Gasteiger charge is 2.22. The van der Waals surface area contributed by atoms with Crippen LogP contribution in [0.15, 0.2) is 30.3 Å². The topological polar surface area (TPSA) is 95.9 Å². The Labute approximate surface area is 133 Å². The van der Waals surface area contributed by atoms with E-state index in [0.717, 1.165) is 5.56 Å². The van der Waals surface area contributed by atoms with Gasteiger partial charge in [-0.25, -0.2) is 9.59 Å². The number of hydrogen-bond donors (Lipinski definition) is 3. The van der Waals surface area contributed by atoms with Crippen molar-refractivity contribution in [3.05, 3.63) is 35.9 Å². The average molecular weight is 327 g/mol. The van der Waals surface area contributed by atoms with Gasteiger partial charge in [0.1, 0.15) is 12.6 Å². The first kappa shape index (κ1) is 18.3. The molecule has 0 radical (unpaired) electrons. The van der Waals surface area contributed by atoms with Gasteiger partial charge in [0.25, 0.3) is 0 Å². The van der Waals surface area contributed by atoms with E-state index in [1.165, 1.54) is 11.8 Å². The maximum Gasteiger partial charge on any atom is 0.408 e. The van der Waals surface area contributed by atoms with Gasteiger partial charge >= 0.3 is 12.1 Å². The zero-order valence-electron chi connectivity index (χ0n) is 12.6. The number of hydrogen-bond acceptors (Lipinski definition) is 5. The van der Waals surface area contributed by atoms with Crippen molar-refractivity contribution in [1.29, 1.82) is 0 Å². The molecule has 7 heteroatoms. The van der Waals surface area contributed by atoms with E-state index < -0.39 is 24.2 Å². The summed E-state index contributed by atoms with van der Waals surface area (Å²) < 4.78 is 4.99. The Morgan fingerprint density at radius 1 is 1.27 bits per heavy atom. The van der Waals surface area contributed by atoms with Crippen LogP contribution in [-0.4, -0.2) is 45.4 Å². The summed E-state index contributed by atoms with van der Waals surface area (Å²) in [5.41, 5.74) is 0.821. The van der Waals surface area contributed by atoms with Crippen LogP contribution in [-0.2, 0) is 16.1 Å². The summed E-state index contributed by atoms with van der Waals surface area (Å²) in [5.74, 6) is -0.982. The molecule has 0 fully saturated rings. The van der Waals surface area contributed by atoms with Crippen LogP contribution in [0.4, 0.5) is 4.79 Å². The molecule has 22 heavy (non-hydrogen) atoms. The van der Waals surface area contributed by atoms with E-state index in [2.05, 4.69) is 5.32 Å². The van der Waals surface area contributed by atoms with Gasteiger partial charge in [-0.1, -0.05) is 37.3 Å². The lowest BCUT2D eigenvalue weighted by molar-refractivity contribution is -0.138. The number of carboxylic acids is 1. The van der Waals surface area contributed by atoms with E-state index in [9.17, 15) is 14.7 Å². The van der Waals surface area contributed by atoms with Crippen molar-refractivity contribution in [3.63, 3.8) is 0 Å². The monoisotopic (exact) mass is 327 g/mol. The molecule has 0 aliphatic rings. The minimum Gasteiger partial charge on any atom is -0.480 e. The van der Waals surface area contributed by atoms with Crippen molar-refractivity contribution in [2.75, 3.05) is 5.75 Å². The first-order valence-electron chi connectivity index (χ1n) is 6.90. The van der Waals surface area contributed by atoms with Crippen LogP contribution < -0.4 is 5.32 Å². The van der Waals surface area contributed by atoms with E-state index in [0.29, 0.717) is 0 Å². The van der Waals surface area contributed by atoms with Gasteiger partial charge in [0.05, 0.1) is 6.10 Å². The van der Waals surface area contributed by atoms with Crippen LogP contribution in [0.25, 0.3) is 0 Å². The highest BCUT2D eigenvalue weighted by Crippen LogP contribution is 2.15. The van der Waals surface area contributed by atoms with Crippen molar-refractivity contribution >= 4 is 23.8 Å². The van der Waals surface area contributed by atoms with Gasteiger partial charge in [-0.15, -0.1) is 0 Å². The molecule has 122 valence electrons. The SMILES string of the molecule is CC(O)C(C)SCC(NC(=O)OCc1ccccc1)C(=O)O. The molecule has 0 saturated carbocycles. The minimum absolute atomic E-state index is 0.0796. The number of rotatable bonds is 8. The van der Waals surface area contributed by atoms with Crippen LogP contribution in [0.1, 0.15) is 19.4 Å². The molecule has 0 aliphatic carbocycles. The minimum atomic E-state index is -1.14. The third kappa shape index (κ3) is 6.82. The second-order valence-corrected chi connectivity index (χ2v) is 6.29. The Morgan fingerprint density at radius 2 is 1.91 bits per heavy atom. The van der Waals surface area contributed by atoms with E-state index in [-0.39, 0.29) is 17.6 Å². The molecule has 0 heterocycles. The Bertz CT molecular complexity index is 480. The molecule has 3 N–H and O–H groups in total. The Balaban J connectivity index is 2.42. The molecule has 0 spiro atoms. The molecular weight excluding hydrogens is 306 g/mol. The molecular formula is C15H21NO5S. The highest BCUT2D eigenvalue weighted by molar-refractivity contribution is 8.00. The summed E-state index contributed by atoms with van der Waals surface area (Å²) >= 11 is 1.28. The molecule has 1 amide bonds. The molecule has 3 unspecified atom stereocenters. The average Bonchev–Trinajstić information content (AvgIpc) is 2.49. The maximum atomic E-state index is 11.7. The van der Waals surface area contributed by atoms with Gasteiger partial charge in [-0.05, 0) is 12.5 Å². The second kappa shape index (κ2) is 9.32. The molecule has 1 aromatic rings. The number of carbonyl (C=O) groups is 2. The number of benzene rings is 1. The molecule has 0 saturated heterocycles. The number of aliphatic hydroxyl groups is 1. The normalized spacial score (nSPS) is 14.7. The predicted molar refractivity (Wildman–Crippen MR) is 84.8 cm³/mol. The number of alkyl carbamates (subject to hydrolysis) is 1. The Hall–Kier alpha value is -1.73. The Kier molecular flexibility index (Phi) is 7.76. The standard InChI is InChI=1S/C15H21NO5S/c1-10(17)11(2)22-9-13(14(18)19)16-15(20)21-8-12-6-4-3-5-7-12/h3-7,10-11,13,17H,8-9H2,1-2H3,(H,16,20)(H,18,19). The van der Waals surface area contributed by atoms with Crippen molar-refractivity contribution in [2.45, 2.75) is 37.9 Å². The van der Waals surface area contributed by atoms with Gasteiger partial charge in [0.2, 0.25) is 0 Å². The van der Waals surface area contributed by atoms with Crippen molar-refractivity contribution < 1.29 is 24.5 Å². The summed E-state index contributed by atoms with van der Waals surface area (Å²) in [5, 5.41) is 20.7. The van der Waals surface area contributed by atoms with Gasteiger partial charge in [0, 0.05) is 11.0 Å². The van der Waals surface area contributed by atoms with Crippen LogP contribution in [0, 0.1) is 0 Å². The van der Waals surface area contributed by atoms with Crippen LogP contribution >= 0.6 is 11.8 Å². The number of carbonyl (C=O) groups excluding carboxylic acids is 1. The van der Waals surface area contributed by atoms with Crippen molar-refractivity contribution in [3.8, 4) is 0 Å². The predicted octanol–water partition coefficient (Wildman–Crippen LogP) is 1.87. The fourth-order valence-electron chi connectivity index (χ4n) is 1.47. The molecule has 0 aliphatic heterocycles. The highest BCUT2D eigenvalue weighted by atomic mass is 32.2. The van der Waals surface area contributed by atoms with Gasteiger partial charge in [-0.3, -0.25) is 0 Å². The summed E-state index contributed by atoms with van der Waals surface area (Å²) in [4.78, 5) is 22.8. The lowest BCUT2D eigenvalue weighted by Gasteiger charge is -2.18.